The molecule has 1 spiro atoms. The molecule has 0 radical (unpaired) electrons. The molecule has 1 saturated carbocycles. The summed E-state index contributed by atoms with van der Waals surface area (Å²) < 4.78 is 18.6. The molecule has 5 heteroatoms. The molecule has 0 N–H and O–H groups in total. The fraction of sp³-hybridized carbons (Fsp3) is 0.500. The van der Waals surface area contributed by atoms with Crippen molar-refractivity contribution in [3.63, 3.8) is 0 Å². The lowest BCUT2D eigenvalue weighted by atomic mass is 9.49. The quantitative estimate of drug-likeness (QED) is 0.710. The van der Waals surface area contributed by atoms with Gasteiger partial charge >= 0.3 is 5.97 Å². The van der Waals surface area contributed by atoms with Gasteiger partial charge in [-0.15, -0.1) is 0 Å². The molecule has 31 heavy (non-hydrogen) atoms. The molecule has 6 atom stereocenters. The van der Waals surface area contributed by atoms with Crippen LogP contribution in [0.25, 0.3) is 0 Å². The second-order valence-electron chi connectivity index (χ2n) is 9.65. The van der Waals surface area contributed by atoms with E-state index in [0.717, 1.165) is 37.3 Å². The number of benzene rings is 2. The van der Waals surface area contributed by atoms with Crippen molar-refractivity contribution in [1.29, 1.82) is 0 Å². The zero-order chi connectivity index (χ0) is 21.3. The standard InChI is InChI=1S/C26H29NO4/c1-15(28)30-23-18(16-7-5-4-6-8-16)14-19-20-13-17-9-10-21(29-3)24-22(17)26(19,25(23)31-24)11-12-27(20)2/h4-10,18-20,23,25H,11-14H2,1-3H3/t18-,19?,20-,23+,25+,26+/m1/s1. The molecule has 1 saturated heterocycles. The van der Waals surface area contributed by atoms with E-state index in [1.54, 1.807) is 7.11 Å². The highest BCUT2D eigenvalue weighted by molar-refractivity contribution is 5.67. The molecule has 6 rings (SSSR count). The maximum Gasteiger partial charge on any atom is 0.303 e. The van der Waals surface area contributed by atoms with Crippen LogP contribution >= 0.6 is 0 Å². The van der Waals surface area contributed by atoms with Gasteiger partial charge in [-0.25, -0.2) is 0 Å². The van der Waals surface area contributed by atoms with Crippen molar-refractivity contribution >= 4 is 5.97 Å². The van der Waals surface area contributed by atoms with Crippen LogP contribution in [-0.4, -0.2) is 49.8 Å². The monoisotopic (exact) mass is 419 g/mol. The fourth-order valence-corrected chi connectivity index (χ4v) is 7.19. The molecule has 4 aliphatic rings. The number of esters is 1. The van der Waals surface area contributed by atoms with E-state index in [9.17, 15) is 4.79 Å². The van der Waals surface area contributed by atoms with E-state index in [0.29, 0.717) is 12.0 Å². The van der Waals surface area contributed by atoms with Crippen molar-refractivity contribution in [3.05, 3.63) is 59.2 Å². The Morgan fingerprint density at radius 2 is 2.00 bits per heavy atom. The lowest BCUT2D eigenvalue weighted by Gasteiger charge is -2.60. The van der Waals surface area contributed by atoms with Crippen molar-refractivity contribution in [2.45, 2.75) is 55.8 Å². The van der Waals surface area contributed by atoms with Crippen molar-refractivity contribution in [2.24, 2.45) is 5.92 Å². The normalized spacial score (nSPS) is 35.1. The van der Waals surface area contributed by atoms with Crippen LogP contribution in [0.15, 0.2) is 42.5 Å². The van der Waals surface area contributed by atoms with Crippen molar-refractivity contribution in [2.75, 3.05) is 20.7 Å². The molecule has 2 aromatic carbocycles. The molecule has 2 aliphatic carbocycles. The number of hydrogen-bond acceptors (Lipinski definition) is 5. The van der Waals surface area contributed by atoms with Gasteiger partial charge < -0.3 is 19.1 Å². The topological polar surface area (TPSA) is 48.0 Å². The van der Waals surface area contributed by atoms with E-state index in [4.69, 9.17) is 14.2 Å². The average molecular weight is 420 g/mol. The van der Waals surface area contributed by atoms with Crippen molar-refractivity contribution in [3.8, 4) is 11.5 Å². The first kappa shape index (κ1) is 19.2. The fourth-order valence-electron chi connectivity index (χ4n) is 7.19. The molecule has 1 unspecified atom stereocenters. The molecular formula is C26H29NO4. The van der Waals surface area contributed by atoms with Crippen LogP contribution in [-0.2, 0) is 21.4 Å². The van der Waals surface area contributed by atoms with E-state index in [1.807, 2.05) is 12.1 Å². The third-order valence-corrected chi connectivity index (χ3v) is 8.38. The summed E-state index contributed by atoms with van der Waals surface area (Å²) in [5.74, 6) is 1.99. The van der Waals surface area contributed by atoms with Gasteiger partial charge in [0.25, 0.3) is 0 Å². The van der Waals surface area contributed by atoms with Gasteiger partial charge in [-0.3, -0.25) is 4.79 Å². The second-order valence-corrected chi connectivity index (χ2v) is 9.65. The van der Waals surface area contributed by atoms with E-state index < -0.39 is 0 Å². The molecule has 2 aliphatic heterocycles. The van der Waals surface area contributed by atoms with Crippen LogP contribution in [0, 0.1) is 5.92 Å². The molecule has 5 nitrogen and oxygen atoms in total. The smallest absolute Gasteiger partial charge is 0.303 e. The summed E-state index contributed by atoms with van der Waals surface area (Å²) in [6, 6.07) is 15.2. The highest BCUT2D eigenvalue weighted by atomic mass is 16.6. The summed E-state index contributed by atoms with van der Waals surface area (Å²) in [4.78, 5) is 14.8. The summed E-state index contributed by atoms with van der Waals surface area (Å²) in [5.41, 5.74) is 3.79. The van der Waals surface area contributed by atoms with E-state index >= 15 is 0 Å². The first-order valence-corrected chi connectivity index (χ1v) is 11.3. The number of carbonyl (C=O) groups excluding carboxylic acids is 1. The Morgan fingerprint density at radius 1 is 1.19 bits per heavy atom. The van der Waals surface area contributed by atoms with Crippen LogP contribution in [0.3, 0.4) is 0 Å². The molecule has 2 fully saturated rings. The Bertz CT molecular complexity index is 1040. The van der Waals surface area contributed by atoms with Crippen LogP contribution in [0.1, 0.15) is 42.4 Å². The third-order valence-electron chi connectivity index (χ3n) is 8.38. The van der Waals surface area contributed by atoms with Crippen molar-refractivity contribution < 1.29 is 19.0 Å². The van der Waals surface area contributed by atoms with Gasteiger partial charge in [0.2, 0.25) is 0 Å². The van der Waals surface area contributed by atoms with E-state index in [-0.39, 0.29) is 29.5 Å². The van der Waals surface area contributed by atoms with Crippen LogP contribution in [0.2, 0.25) is 0 Å². The first-order chi connectivity index (χ1) is 15.0. The largest absolute Gasteiger partial charge is 0.493 e. The second kappa shape index (κ2) is 6.73. The zero-order valence-corrected chi connectivity index (χ0v) is 18.3. The minimum absolute atomic E-state index is 0.115. The summed E-state index contributed by atoms with van der Waals surface area (Å²) in [5, 5.41) is 0. The predicted octanol–water partition coefficient (Wildman–Crippen LogP) is 3.69. The number of likely N-dealkylation sites (tertiary alicyclic amines) is 1. The van der Waals surface area contributed by atoms with Crippen LogP contribution in [0.5, 0.6) is 11.5 Å². The molecular weight excluding hydrogens is 390 g/mol. The lowest BCUT2D eigenvalue weighted by molar-refractivity contribution is -0.167. The minimum Gasteiger partial charge on any atom is -0.493 e. The van der Waals surface area contributed by atoms with E-state index in [2.05, 4.69) is 42.3 Å². The zero-order valence-electron chi connectivity index (χ0n) is 18.3. The Balaban J connectivity index is 1.57. The lowest BCUT2D eigenvalue weighted by Crippen LogP contribution is -2.68. The van der Waals surface area contributed by atoms with E-state index in [1.165, 1.54) is 23.6 Å². The molecule has 0 amide bonds. The SMILES string of the molecule is COc1ccc2c3c1O[C@H]1[C@@H](OC(C)=O)[C@@H](c4ccccc4)CC4[C@@H](C2)N(C)CC[C@@]341. The Kier molecular flexibility index (Phi) is 4.16. The van der Waals surface area contributed by atoms with Gasteiger partial charge in [0, 0.05) is 29.9 Å². The number of carbonyl (C=O) groups is 1. The molecule has 2 heterocycles. The molecule has 162 valence electrons. The highest BCUT2D eigenvalue weighted by Crippen LogP contribution is 2.65. The number of rotatable bonds is 3. The number of likely N-dealkylation sites (N-methyl/N-ethyl adjacent to an activating group) is 1. The van der Waals surface area contributed by atoms with Crippen molar-refractivity contribution in [1.82, 2.24) is 4.90 Å². The number of methoxy groups -OCH3 is 1. The van der Waals surface area contributed by atoms with Gasteiger partial charge in [-0.05, 0) is 56.0 Å². The molecule has 0 aromatic heterocycles. The maximum atomic E-state index is 12.2. The summed E-state index contributed by atoms with van der Waals surface area (Å²) in [6.07, 6.45) is 2.53. The molecule has 2 bridgehead atoms. The highest BCUT2D eigenvalue weighted by Gasteiger charge is 2.68. The van der Waals surface area contributed by atoms with Crippen LogP contribution in [0.4, 0.5) is 0 Å². The van der Waals surface area contributed by atoms with Gasteiger partial charge in [0.1, 0.15) is 12.2 Å². The average Bonchev–Trinajstić information content (AvgIpc) is 3.12. The molecule has 2 aromatic rings. The summed E-state index contributed by atoms with van der Waals surface area (Å²) in [6.45, 7) is 2.54. The number of piperidine rings is 1. The van der Waals surface area contributed by atoms with Gasteiger partial charge in [-0.1, -0.05) is 36.4 Å². The summed E-state index contributed by atoms with van der Waals surface area (Å²) >= 11 is 0. The van der Waals surface area contributed by atoms with Gasteiger partial charge in [0.05, 0.1) is 7.11 Å². The third kappa shape index (κ3) is 2.50. The Labute approximate surface area is 183 Å². The number of hydrogen-bond donors (Lipinski definition) is 0. The summed E-state index contributed by atoms with van der Waals surface area (Å²) in [7, 11) is 3.96. The van der Waals surface area contributed by atoms with Gasteiger partial charge in [-0.2, -0.15) is 0 Å². The minimum atomic E-state index is -0.316. The Morgan fingerprint density at radius 3 is 2.74 bits per heavy atom. The van der Waals surface area contributed by atoms with Gasteiger partial charge in [0.15, 0.2) is 11.5 Å². The Hall–Kier alpha value is -2.53. The van der Waals surface area contributed by atoms with Crippen LogP contribution < -0.4 is 9.47 Å². The maximum absolute atomic E-state index is 12.2. The number of nitrogens with zero attached hydrogens (tertiary/aromatic N) is 1. The number of ether oxygens (including phenoxy) is 3. The first-order valence-electron chi connectivity index (χ1n) is 11.3. The predicted molar refractivity (Wildman–Crippen MR) is 117 cm³/mol.